The Bertz CT molecular complexity index is 17.2. The van der Waals surface area contributed by atoms with Crippen LogP contribution in [0.1, 0.15) is 0 Å². The Hall–Kier alpha value is -0.460. The lowest BCUT2D eigenvalue weighted by Gasteiger charge is -1.72. The third kappa shape index (κ3) is 1.54. The number of ether oxygens (including phenoxy) is 1. The molecule has 0 aliphatic carbocycles. The monoisotopic (exact) mass is 57.0 g/mol. The molecule has 0 spiro atoms. The first-order valence-corrected chi connectivity index (χ1v) is 0.977. The number of methoxy groups -OCH3 is 1. The van der Waals surface area contributed by atoms with Gasteiger partial charge in [0.25, 0.3) is 0 Å². The average Bonchev–Trinajstić information content (AvgIpc) is 1.37. The molecule has 0 aromatic rings. The molecule has 0 heterocycles. The maximum atomic E-state index is 4.68. The first kappa shape index (κ1) is 3.54. The molecule has 0 saturated heterocycles. The van der Waals surface area contributed by atoms with Crippen molar-refractivity contribution in [1.29, 1.82) is 0 Å². The minimum Gasteiger partial charge on any atom is -0.504 e. The maximum Gasteiger partial charge on any atom is 0.0825 e. The first-order valence-electron chi connectivity index (χ1n) is 0.977. The fraction of sp³-hybridized carbons (Fsp3) is 0.333. The lowest BCUT2D eigenvalue weighted by atomic mass is 11.2. The second-order valence-corrected chi connectivity index (χ2v) is 0.372. The van der Waals surface area contributed by atoms with Gasteiger partial charge in [0, 0.05) is 0 Å². The molecule has 0 aliphatic rings. The molecule has 23 valence electrons. The molecular formula is C3H5O. The molecule has 0 fully saturated rings. The molecule has 0 rings (SSSR count). The van der Waals surface area contributed by atoms with Gasteiger partial charge in [0.05, 0.1) is 13.4 Å². The first-order chi connectivity index (χ1) is 1.91. The normalized spacial score (nSPS) is 5.25. The predicted molar refractivity (Wildman–Crippen MR) is 15.9 cm³/mol. The van der Waals surface area contributed by atoms with Gasteiger partial charge in [-0.05, 0) is 6.58 Å². The van der Waals surface area contributed by atoms with Crippen LogP contribution in [-0.2, 0) is 4.74 Å². The number of rotatable bonds is 1. The van der Waals surface area contributed by atoms with Gasteiger partial charge in [-0.3, -0.25) is 0 Å². The van der Waals surface area contributed by atoms with Crippen LogP contribution in [0.2, 0.25) is 0 Å². The molecule has 0 atom stereocenters. The molecular weight excluding hydrogens is 52.0 g/mol. The number of hydrogen-bond donors (Lipinski definition) is 0. The summed E-state index contributed by atoms with van der Waals surface area (Å²) in [5, 5.41) is 0. The van der Waals surface area contributed by atoms with Crippen LogP contribution in [0.3, 0.4) is 0 Å². The van der Waals surface area contributed by atoms with E-state index in [-0.39, 0.29) is 0 Å². The Morgan fingerprint density at radius 1 is 2.00 bits per heavy atom. The fourth-order valence-electron chi connectivity index (χ4n) is 0. The molecule has 0 N–H and O–H groups in total. The predicted octanol–water partition coefficient (Wildman–Crippen LogP) is 0.579. The van der Waals surface area contributed by atoms with E-state index >= 15 is 0 Å². The Balaban J connectivity index is 2.30. The highest BCUT2D eigenvalue weighted by Crippen LogP contribution is 1.51. The molecule has 1 nitrogen and oxygen atoms in total. The van der Waals surface area contributed by atoms with Crippen molar-refractivity contribution in [2.75, 3.05) is 7.11 Å². The van der Waals surface area contributed by atoms with E-state index in [1.807, 2.05) is 0 Å². The summed E-state index contributed by atoms with van der Waals surface area (Å²) in [6.45, 7) is 4.68. The highest BCUT2D eigenvalue weighted by Gasteiger charge is 1.36. The van der Waals surface area contributed by atoms with Crippen LogP contribution in [0, 0.1) is 6.58 Å². The summed E-state index contributed by atoms with van der Waals surface area (Å²) in [6.07, 6.45) is 1.12. The smallest absolute Gasteiger partial charge is 0.0825 e. The van der Waals surface area contributed by atoms with Crippen molar-refractivity contribution in [2.24, 2.45) is 0 Å². The van der Waals surface area contributed by atoms with Crippen molar-refractivity contribution in [3.8, 4) is 0 Å². The van der Waals surface area contributed by atoms with E-state index in [2.05, 4.69) is 11.3 Å². The van der Waals surface area contributed by atoms with Gasteiger partial charge in [0.2, 0.25) is 0 Å². The molecule has 0 amide bonds. The Morgan fingerprint density at radius 3 is 2.25 bits per heavy atom. The van der Waals surface area contributed by atoms with Gasteiger partial charge in [0.15, 0.2) is 0 Å². The standard InChI is InChI=1S/C3H5O/c1-3-4-2/h1,3H,2H3. The van der Waals surface area contributed by atoms with Crippen molar-refractivity contribution < 1.29 is 4.74 Å². The van der Waals surface area contributed by atoms with Crippen LogP contribution in [0.4, 0.5) is 0 Å². The van der Waals surface area contributed by atoms with Crippen molar-refractivity contribution in [3.63, 3.8) is 0 Å². The van der Waals surface area contributed by atoms with Crippen LogP contribution in [0.25, 0.3) is 0 Å². The quantitative estimate of drug-likeness (QED) is 0.400. The van der Waals surface area contributed by atoms with Gasteiger partial charge in [-0.15, -0.1) is 0 Å². The van der Waals surface area contributed by atoms with E-state index in [9.17, 15) is 0 Å². The molecule has 0 aromatic heterocycles. The average molecular weight is 57.1 g/mol. The molecule has 4 heavy (non-hydrogen) atoms. The summed E-state index contributed by atoms with van der Waals surface area (Å²) in [5.74, 6) is 0. The minimum atomic E-state index is 1.12. The Kier molecular flexibility index (Phi) is 2.25. The van der Waals surface area contributed by atoms with Crippen molar-refractivity contribution in [2.45, 2.75) is 0 Å². The third-order valence-corrected chi connectivity index (χ3v) is 0.136. The summed E-state index contributed by atoms with van der Waals surface area (Å²) in [7, 11) is 1.50. The lowest BCUT2D eigenvalue weighted by molar-refractivity contribution is 0.338. The molecule has 0 aliphatic heterocycles. The van der Waals surface area contributed by atoms with Gasteiger partial charge in [-0.25, -0.2) is 0 Å². The minimum absolute atomic E-state index is 1.12. The zero-order valence-corrected chi connectivity index (χ0v) is 2.56. The van der Waals surface area contributed by atoms with Gasteiger partial charge in [0.1, 0.15) is 0 Å². The molecule has 1 heteroatoms. The van der Waals surface area contributed by atoms with Gasteiger partial charge < -0.3 is 4.74 Å². The lowest BCUT2D eigenvalue weighted by Crippen LogP contribution is -1.54. The van der Waals surface area contributed by atoms with E-state index in [0.717, 1.165) is 6.26 Å². The van der Waals surface area contributed by atoms with Crippen molar-refractivity contribution in [1.82, 2.24) is 0 Å². The van der Waals surface area contributed by atoms with Crippen molar-refractivity contribution in [3.05, 3.63) is 12.8 Å². The summed E-state index contributed by atoms with van der Waals surface area (Å²) >= 11 is 0. The van der Waals surface area contributed by atoms with E-state index in [4.69, 9.17) is 0 Å². The van der Waals surface area contributed by atoms with Crippen LogP contribution >= 0.6 is 0 Å². The van der Waals surface area contributed by atoms with E-state index < -0.39 is 0 Å². The zero-order valence-electron chi connectivity index (χ0n) is 2.56. The molecule has 0 bridgehead atoms. The van der Waals surface area contributed by atoms with Crippen LogP contribution in [0.15, 0.2) is 6.26 Å². The second-order valence-electron chi connectivity index (χ2n) is 0.372. The maximum absolute atomic E-state index is 4.68. The highest BCUT2D eigenvalue weighted by atomic mass is 16.5. The second kappa shape index (κ2) is 2.54. The van der Waals surface area contributed by atoms with E-state index in [0.29, 0.717) is 0 Å². The molecule has 0 unspecified atom stereocenters. The largest absolute Gasteiger partial charge is 0.504 e. The molecule has 0 saturated carbocycles. The summed E-state index contributed by atoms with van der Waals surface area (Å²) < 4.78 is 4.19. The van der Waals surface area contributed by atoms with E-state index in [1.165, 1.54) is 7.11 Å². The summed E-state index contributed by atoms with van der Waals surface area (Å²) in [6, 6.07) is 0. The van der Waals surface area contributed by atoms with Crippen LogP contribution in [0.5, 0.6) is 0 Å². The SMILES string of the molecule is [CH]=COC. The van der Waals surface area contributed by atoms with Gasteiger partial charge >= 0.3 is 0 Å². The van der Waals surface area contributed by atoms with Gasteiger partial charge in [-0.1, -0.05) is 0 Å². The molecule has 0 aromatic carbocycles. The van der Waals surface area contributed by atoms with Crippen LogP contribution in [-0.4, -0.2) is 7.11 Å². The molecule has 1 radical (unpaired) electrons. The van der Waals surface area contributed by atoms with E-state index in [1.54, 1.807) is 0 Å². The Morgan fingerprint density at radius 2 is 2.25 bits per heavy atom. The fourth-order valence-corrected chi connectivity index (χ4v) is 0. The summed E-state index contributed by atoms with van der Waals surface area (Å²) in [4.78, 5) is 0. The summed E-state index contributed by atoms with van der Waals surface area (Å²) in [5.41, 5.74) is 0. The zero-order chi connectivity index (χ0) is 3.41. The van der Waals surface area contributed by atoms with Crippen LogP contribution < -0.4 is 0 Å². The van der Waals surface area contributed by atoms with Gasteiger partial charge in [-0.2, -0.15) is 0 Å². The Labute approximate surface area is 25.9 Å². The van der Waals surface area contributed by atoms with Crippen molar-refractivity contribution >= 4 is 0 Å². The topological polar surface area (TPSA) is 9.23 Å². The number of hydrogen-bond acceptors (Lipinski definition) is 1. The highest BCUT2D eigenvalue weighted by molar-refractivity contribution is 4.35. The third-order valence-electron chi connectivity index (χ3n) is 0.136.